The smallest absolute Gasteiger partial charge is 0.304 e. The van der Waals surface area contributed by atoms with Gasteiger partial charge in [-0.2, -0.15) is 0 Å². The van der Waals surface area contributed by atoms with Crippen molar-refractivity contribution in [3.05, 3.63) is 52.5 Å². The van der Waals surface area contributed by atoms with Gasteiger partial charge >= 0.3 is 5.97 Å². The van der Waals surface area contributed by atoms with Gasteiger partial charge in [0.15, 0.2) is 0 Å². The Labute approximate surface area is 115 Å². The normalized spacial score (nSPS) is 15.9. The first-order chi connectivity index (χ1) is 9.06. The molecular weight excluding hydrogens is 264 g/mol. The number of rotatable bonds is 2. The van der Waals surface area contributed by atoms with Crippen LogP contribution in [0.2, 0.25) is 5.02 Å². The topological polar surface area (TPSA) is 57.5 Å². The van der Waals surface area contributed by atoms with Crippen molar-refractivity contribution in [2.24, 2.45) is 0 Å². The van der Waals surface area contributed by atoms with Crippen LogP contribution >= 0.6 is 11.6 Å². The number of fused-ring (bicyclic) bond motifs is 3. The molecule has 1 aliphatic carbocycles. The fraction of sp³-hybridized carbons (Fsp3) is 0.133. The maximum Gasteiger partial charge on any atom is 0.304 e. The molecular formula is C15H11ClO3. The number of carbonyl (C=O) groups is 1. The van der Waals surface area contributed by atoms with E-state index in [1.54, 1.807) is 18.2 Å². The minimum absolute atomic E-state index is 0.0101. The lowest BCUT2D eigenvalue weighted by Gasteiger charge is -2.11. The lowest BCUT2D eigenvalue weighted by Crippen LogP contribution is -2.05. The molecule has 3 rings (SSSR count). The highest BCUT2D eigenvalue weighted by Crippen LogP contribution is 2.48. The average Bonchev–Trinajstić information content (AvgIpc) is 2.62. The van der Waals surface area contributed by atoms with Crippen LogP contribution in [-0.2, 0) is 4.79 Å². The van der Waals surface area contributed by atoms with Crippen LogP contribution in [0.4, 0.5) is 0 Å². The number of hydrogen-bond acceptors (Lipinski definition) is 2. The molecule has 0 bridgehead atoms. The van der Waals surface area contributed by atoms with Crippen LogP contribution in [0, 0.1) is 0 Å². The van der Waals surface area contributed by atoms with Crippen molar-refractivity contribution in [2.75, 3.05) is 0 Å². The minimum atomic E-state index is -0.868. The molecule has 1 atom stereocenters. The largest absolute Gasteiger partial charge is 0.508 e. The molecule has 2 aromatic carbocycles. The van der Waals surface area contributed by atoms with E-state index in [2.05, 4.69) is 0 Å². The fourth-order valence-corrected chi connectivity index (χ4v) is 2.89. The van der Waals surface area contributed by atoms with Gasteiger partial charge in [0.05, 0.1) is 6.42 Å². The van der Waals surface area contributed by atoms with Gasteiger partial charge in [-0.3, -0.25) is 4.79 Å². The van der Waals surface area contributed by atoms with E-state index in [1.165, 1.54) is 0 Å². The second kappa shape index (κ2) is 4.28. The summed E-state index contributed by atoms with van der Waals surface area (Å²) in [5.41, 5.74) is 3.72. The summed E-state index contributed by atoms with van der Waals surface area (Å²) in [6.45, 7) is 0. The third-order valence-electron chi connectivity index (χ3n) is 3.47. The van der Waals surface area contributed by atoms with Crippen molar-refractivity contribution < 1.29 is 15.0 Å². The Balaban J connectivity index is 2.22. The maximum absolute atomic E-state index is 11.0. The number of benzene rings is 2. The molecule has 0 spiro atoms. The molecule has 0 amide bonds. The molecule has 0 saturated carbocycles. The van der Waals surface area contributed by atoms with Crippen molar-refractivity contribution >= 4 is 17.6 Å². The highest BCUT2D eigenvalue weighted by molar-refractivity contribution is 6.30. The Morgan fingerprint density at radius 2 is 1.74 bits per heavy atom. The third kappa shape index (κ3) is 1.96. The molecule has 0 saturated heterocycles. The van der Waals surface area contributed by atoms with E-state index in [-0.39, 0.29) is 18.1 Å². The highest BCUT2D eigenvalue weighted by atomic mass is 35.5. The second-order valence-electron chi connectivity index (χ2n) is 4.65. The van der Waals surface area contributed by atoms with Gasteiger partial charge in [0.2, 0.25) is 0 Å². The summed E-state index contributed by atoms with van der Waals surface area (Å²) in [4.78, 5) is 11.0. The van der Waals surface area contributed by atoms with Crippen LogP contribution < -0.4 is 0 Å². The predicted octanol–water partition coefficient (Wildman–Crippen LogP) is 3.63. The third-order valence-corrected chi connectivity index (χ3v) is 3.70. The minimum Gasteiger partial charge on any atom is -0.508 e. The first kappa shape index (κ1) is 12.1. The molecule has 0 aromatic heterocycles. The van der Waals surface area contributed by atoms with Crippen LogP contribution in [0.5, 0.6) is 5.75 Å². The number of phenolic OH excluding ortho intramolecular Hbond substituents is 1. The van der Waals surface area contributed by atoms with Gasteiger partial charge < -0.3 is 10.2 Å². The molecule has 0 aliphatic heterocycles. The summed E-state index contributed by atoms with van der Waals surface area (Å²) in [7, 11) is 0. The van der Waals surface area contributed by atoms with Gasteiger partial charge in [-0.15, -0.1) is 0 Å². The van der Waals surface area contributed by atoms with E-state index in [4.69, 9.17) is 16.7 Å². The number of hydrogen-bond donors (Lipinski definition) is 2. The van der Waals surface area contributed by atoms with Crippen LogP contribution in [0.3, 0.4) is 0 Å². The number of carboxylic acid groups (broad SMARTS) is 1. The molecule has 1 aliphatic rings. The van der Waals surface area contributed by atoms with Gasteiger partial charge in [0.25, 0.3) is 0 Å². The molecule has 19 heavy (non-hydrogen) atoms. The van der Waals surface area contributed by atoms with Gasteiger partial charge in [0.1, 0.15) is 5.75 Å². The van der Waals surface area contributed by atoms with Crippen LogP contribution in [0.25, 0.3) is 11.1 Å². The molecule has 1 unspecified atom stereocenters. The van der Waals surface area contributed by atoms with E-state index in [9.17, 15) is 9.90 Å². The number of phenols is 1. The van der Waals surface area contributed by atoms with Crippen molar-refractivity contribution in [1.82, 2.24) is 0 Å². The second-order valence-corrected chi connectivity index (χ2v) is 5.09. The number of aromatic hydroxyl groups is 1. The summed E-state index contributed by atoms with van der Waals surface area (Å²) >= 11 is 6.00. The van der Waals surface area contributed by atoms with Gasteiger partial charge in [-0.1, -0.05) is 23.7 Å². The van der Waals surface area contributed by atoms with Crippen molar-refractivity contribution in [3.8, 4) is 16.9 Å². The van der Waals surface area contributed by atoms with Crippen LogP contribution in [0.15, 0.2) is 36.4 Å². The van der Waals surface area contributed by atoms with Gasteiger partial charge in [0, 0.05) is 10.9 Å². The Kier molecular flexibility index (Phi) is 2.72. The Hall–Kier alpha value is -2.00. The molecule has 0 heterocycles. The standard InChI is InChI=1S/C15H11ClO3/c16-8-1-3-10-11-4-2-9(17)6-13(11)14(7-15(18)19)12(10)5-8/h1-6,14,17H,7H2,(H,18,19). The zero-order valence-electron chi connectivity index (χ0n) is 9.93. The Morgan fingerprint density at radius 1 is 1.11 bits per heavy atom. The molecule has 4 heteroatoms. The average molecular weight is 275 g/mol. The number of carboxylic acids is 1. The Morgan fingerprint density at radius 3 is 2.42 bits per heavy atom. The van der Waals surface area contributed by atoms with E-state index in [0.717, 1.165) is 22.3 Å². The first-order valence-electron chi connectivity index (χ1n) is 5.91. The summed E-state index contributed by atoms with van der Waals surface area (Å²) in [5, 5.41) is 19.3. The monoisotopic (exact) mass is 274 g/mol. The molecule has 0 fully saturated rings. The maximum atomic E-state index is 11.0. The summed E-state index contributed by atoms with van der Waals surface area (Å²) in [5.74, 6) is -0.978. The quantitative estimate of drug-likeness (QED) is 0.879. The lowest BCUT2D eigenvalue weighted by molar-refractivity contribution is -0.137. The number of aliphatic carboxylic acids is 1. The van der Waals surface area contributed by atoms with E-state index >= 15 is 0 Å². The van der Waals surface area contributed by atoms with Crippen molar-refractivity contribution in [1.29, 1.82) is 0 Å². The zero-order valence-corrected chi connectivity index (χ0v) is 10.7. The Bertz CT molecular complexity index is 628. The number of halogens is 1. The lowest BCUT2D eigenvalue weighted by atomic mass is 9.93. The highest BCUT2D eigenvalue weighted by Gasteiger charge is 2.30. The van der Waals surface area contributed by atoms with Crippen LogP contribution in [-0.4, -0.2) is 16.2 Å². The van der Waals surface area contributed by atoms with E-state index < -0.39 is 5.97 Å². The van der Waals surface area contributed by atoms with Gasteiger partial charge in [-0.25, -0.2) is 0 Å². The van der Waals surface area contributed by atoms with E-state index in [1.807, 2.05) is 18.2 Å². The molecule has 3 nitrogen and oxygen atoms in total. The molecule has 0 radical (unpaired) electrons. The first-order valence-corrected chi connectivity index (χ1v) is 6.28. The molecule has 2 N–H and O–H groups in total. The fourth-order valence-electron chi connectivity index (χ4n) is 2.71. The summed E-state index contributed by atoms with van der Waals surface area (Å²) in [6, 6.07) is 10.6. The van der Waals surface area contributed by atoms with Crippen molar-refractivity contribution in [3.63, 3.8) is 0 Å². The molecule has 2 aromatic rings. The van der Waals surface area contributed by atoms with Crippen molar-refractivity contribution in [2.45, 2.75) is 12.3 Å². The summed E-state index contributed by atoms with van der Waals surface area (Å²) in [6.07, 6.45) is -0.0101. The van der Waals surface area contributed by atoms with Gasteiger partial charge in [-0.05, 0) is 46.5 Å². The van der Waals surface area contributed by atoms with E-state index in [0.29, 0.717) is 5.02 Å². The summed E-state index contributed by atoms with van der Waals surface area (Å²) < 4.78 is 0. The molecule has 96 valence electrons. The zero-order chi connectivity index (χ0) is 13.6. The predicted molar refractivity (Wildman–Crippen MR) is 72.6 cm³/mol. The SMILES string of the molecule is O=C(O)CC1c2cc(O)ccc2-c2ccc(Cl)cc21. The van der Waals surface area contributed by atoms with Crippen LogP contribution in [0.1, 0.15) is 23.5 Å².